The summed E-state index contributed by atoms with van der Waals surface area (Å²) < 4.78 is 29.8. The van der Waals surface area contributed by atoms with E-state index in [1.54, 1.807) is 28.1 Å². The molecule has 368 valence electrons. The Kier molecular flexibility index (Phi) is 21.3. The van der Waals surface area contributed by atoms with Gasteiger partial charge in [0.2, 0.25) is 5.79 Å². The van der Waals surface area contributed by atoms with Crippen LogP contribution in [0.25, 0.3) is 0 Å². The number of rotatable bonds is 6. The largest absolute Gasteiger partial charge is 0.461 e. The fourth-order valence-corrected chi connectivity index (χ4v) is 10.4. The third-order valence-electron chi connectivity index (χ3n) is 15.1. The second-order valence-corrected chi connectivity index (χ2v) is 20.2. The fourth-order valence-electron chi connectivity index (χ4n) is 10.4. The summed E-state index contributed by atoms with van der Waals surface area (Å²) in [4.78, 5) is 58.0. The molecule has 0 aromatic heterocycles. The molecule has 0 aromatic rings. The average Bonchev–Trinajstić information content (AvgIpc) is 3.28. The number of piperidine rings is 1. The highest BCUT2D eigenvalue weighted by molar-refractivity contribution is 6.39. The van der Waals surface area contributed by atoms with Gasteiger partial charge in [0.05, 0.1) is 24.4 Å². The summed E-state index contributed by atoms with van der Waals surface area (Å²) in [6.45, 7) is 15.7. The summed E-state index contributed by atoms with van der Waals surface area (Å²) in [5.74, 6) is -6.22. The summed E-state index contributed by atoms with van der Waals surface area (Å²) in [5, 5.41) is 34.0. The third-order valence-corrected chi connectivity index (χ3v) is 15.1. The van der Waals surface area contributed by atoms with Gasteiger partial charge in [-0.2, -0.15) is 0 Å². The molecule has 2 bridgehead atoms. The van der Waals surface area contributed by atoms with Crippen molar-refractivity contribution >= 4 is 23.4 Å². The van der Waals surface area contributed by atoms with E-state index in [2.05, 4.69) is 13.8 Å². The van der Waals surface area contributed by atoms with E-state index in [0.717, 1.165) is 12.0 Å². The van der Waals surface area contributed by atoms with Crippen LogP contribution in [-0.2, 0) is 42.9 Å². The van der Waals surface area contributed by atoms with Crippen LogP contribution in [0.15, 0.2) is 47.6 Å². The molecule has 0 spiro atoms. The quantitative estimate of drug-likeness (QED) is 0.138. The molecule has 0 aromatic carbocycles. The number of carbonyl (C=O) groups excluding carboxylic acids is 4. The number of amides is 1. The zero-order valence-corrected chi connectivity index (χ0v) is 41.3. The minimum absolute atomic E-state index is 0.0554. The number of carbonyl (C=O) groups is 4. The van der Waals surface area contributed by atoms with Crippen LogP contribution in [0, 0.1) is 41.4 Å². The van der Waals surface area contributed by atoms with Crippen LogP contribution in [0.5, 0.6) is 0 Å². The van der Waals surface area contributed by atoms with E-state index in [4.69, 9.17) is 23.7 Å². The number of hydrogen-bond donors (Lipinski definition) is 3. The van der Waals surface area contributed by atoms with Crippen molar-refractivity contribution in [1.29, 1.82) is 0 Å². The van der Waals surface area contributed by atoms with Crippen LogP contribution in [0.2, 0.25) is 0 Å². The normalized spacial score (nSPS) is 40.2. The number of fused-ring (bicyclic) bond motifs is 3. The van der Waals surface area contributed by atoms with Gasteiger partial charge in [-0.1, -0.05) is 78.0 Å². The topological polar surface area (TPSA) is 178 Å². The molecule has 3 heterocycles. The highest BCUT2D eigenvalue weighted by atomic mass is 16.6. The Labute approximate surface area is 389 Å². The minimum Gasteiger partial charge on any atom is -0.461 e. The Morgan fingerprint density at radius 1 is 0.831 bits per heavy atom. The highest BCUT2D eigenvalue weighted by Gasteiger charge is 2.53. The van der Waals surface area contributed by atoms with Crippen LogP contribution in [-0.4, -0.2) is 126 Å². The van der Waals surface area contributed by atoms with Crippen molar-refractivity contribution in [3.63, 3.8) is 0 Å². The van der Waals surface area contributed by atoms with Gasteiger partial charge in [-0.3, -0.25) is 14.4 Å². The Hall–Kier alpha value is -3.04. The van der Waals surface area contributed by atoms with Crippen molar-refractivity contribution < 1.29 is 58.2 Å². The number of ketones is 2. The molecule has 3 fully saturated rings. The molecule has 3 N–H and O–H groups in total. The number of ether oxygens (including phenoxy) is 5. The number of methoxy groups -OCH3 is 3. The standard InChI is InChI=1S/C52H83NO12/c1-31-17-13-12-14-18-32(2)43(61-9)30-40-22-20-38(8)52(60,65-40)49(57)50(58)53-24-16-15-19-41(53)51(59)64-44(35(5)27-39-21-23-42(54)45(29-39)62-10)28-34(4)33(3)26-37(7)47(56)48(63-11)46(55)36(6)25-31/h12-14,17-18,26,31,33-36,38-45,47-48,54,56,60H,15-16,19-25,27-30H2,1-11H3/b14-12?,17-13+,32-18?,37-26+/t31?,33?,34?,35?,36-,38?,39?,40?,41?,42?,43?,44?,45?,47?,48?,52?/m1/s1. The van der Waals surface area contributed by atoms with Gasteiger partial charge in [0.1, 0.15) is 24.4 Å². The lowest BCUT2D eigenvalue weighted by molar-refractivity contribution is -0.265. The second-order valence-electron chi connectivity index (χ2n) is 20.2. The molecule has 0 radical (unpaired) electrons. The summed E-state index contributed by atoms with van der Waals surface area (Å²) in [7, 11) is 4.65. The number of cyclic esters (lactones) is 1. The molecule has 13 nitrogen and oxygen atoms in total. The molecular weight excluding hydrogens is 831 g/mol. The van der Waals surface area contributed by atoms with E-state index < -0.39 is 72.0 Å². The smallest absolute Gasteiger partial charge is 0.329 e. The Bertz CT molecular complexity index is 1710. The Morgan fingerprint density at radius 2 is 1.55 bits per heavy atom. The maximum Gasteiger partial charge on any atom is 0.329 e. The zero-order chi connectivity index (χ0) is 48.2. The molecule has 4 rings (SSSR count). The number of aliphatic hydroxyl groups excluding tert-OH is 2. The molecule has 16 atom stereocenters. The minimum atomic E-state index is -2.38. The van der Waals surface area contributed by atoms with Gasteiger partial charge in [-0.05, 0) is 125 Å². The first-order chi connectivity index (χ1) is 30.7. The predicted octanol–water partition coefficient (Wildman–Crippen LogP) is 7.25. The van der Waals surface area contributed by atoms with Crippen molar-refractivity contribution in [2.24, 2.45) is 41.4 Å². The van der Waals surface area contributed by atoms with E-state index in [1.165, 1.54) is 12.0 Å². The van der Waals surface area contributed by atoms with Gasteiger partial charge in [-0.15, -0.1) is 0 Å². The van der Waals surface area contributed by atoms with Crippen LogP contribution in [0.3, 0.4) is 0 Å². The number of Topliss-reactive ketones (excluding diaryl/α,β-unsaturated/α-hetero) is 2. The van der Waals surface area contributed by atoms with Crippen LogP contribution in [0.4, 0.5) is 0 Å². The Balaban J connectivity index is 1.70. The van der Waals surface area contributed by atoms with Crippen molar-refractivity contribution in [2.75, 3.05) is 27.9 Å². The number of hydrogen-bond acceptors (Lipinski definition) is 12. The van der Waals surface area contributed by atoms with E-state index in [9.17, 15) is 34.5 Å². The SMILES string of the molecule is COC1CC2CCC(C)C(O)(O2)C(=O)C(=O)N2CCCCC2C(=O)OC(C(C)CC2CCC(O)C(OC)C2)CC(C)C(C)/C=C(\C)C(O)C(OC)C(=O)[C@H](C)CC(C)/C=C/C=CC=C1C. The van der Waals surface area contributed by atoms with Gasteiger partial charge in [0.15, 0.2) is 5.78 Å². The van der Waals surface area contributed by atoms with E-state index in [1.807, 2.05) is 64.2 Å². The number of esters is 1. The van der Waals surface area contributed by atoms with Crippen LogP contribution >= 0.6 is 0 Å². The molecule has 1 aliphatic carbocycles. The van der Waals surface area contributed by atoms with E-state index in [0.29, 0.717) is 76.2 Å². The molecule has 1 saturated carbocycles. The fraction of sp³-hybridized carbons (Fsp3) is 0.769. The highest BCUT2D eigenvalue weighted by Crippen LogP contribution is 2.38. The first-order valence-corrected chi connectivity index (χ1v) is 24.4. The lowest BCUT2D eigenvalue weighted by Crippen LogP contribution is -2.61. The number of aliphatic hydroxyl groups is 3. The van der Waals surface area contributed by atoms with E-state index in [-0.39, 0.29) is 53.9 Å². The van der Waals surface area contributed by atoms with Crippen molar-refractivity contribution in [3.8, 4) is 0 Å². The summed E-state index contributed by atoms with van der Waals surface area (Å²) in [5.41, 5.74) is 1.51. The molecule has 3 aliphatic heterocycles. The lowest BCUT2D eigenvalue weighted by atomic mass is 9.77. The molecule has 2 saturated heterocycles. The molecular formula is C52H83NO12. The second kappa shape index (κ2) is 25.4. The average molecular weight is 914 g/mol. The molecule has 1 amide bonds. The summed E-state index contributed by atoms with van der Waals surface area (Å²) in [6, 6.07) is -1.03. The third kappa shape index (κ3) is 14.5. The zero-order valence-electron chi connectivity index (χ0n) is 41.3. The van der Waals surface area contributed by atoms with Gasteiger partial charge < -0.3 is 43.9 Å². The molecule has 4 aliphatic rings. The summed E-state index contributed by atoms with van der Waals surface area (Å²) >= 11 is 0. The first-order valence-electron chi connectivity index (χ1n) is 24.4. The van der Waals surface area contributed by atoms with Gasteiger partial charge in [-0.25, -0.2) is 4.79 Å². The number of nitrogens with zero attached hydrogens (tertiary/aromatic N) is 1. The maximum absolute atomic E-state index is 14.5. The van der Waals surface area contributed by atoms with Crippen molar-refractivity contribution in [3.05, 3.63) is 47.6 Å². The molecule has 13 heteroatoms. The maximum atomic E-state index is 14.5. The van der Waals surface area contributed by atoms with Crippen LogP contribution in [0.1, 0.15) is 132 Å². The monoisotopic (exact) mass is 914 g/mol. The van der Waals surface area contributed by atoms with Gasteiger partial charge in [0.25, 0.3) is 11.7 Å². The van der Waals surface area contributed by atoms with Gasteiger partial charge >= 0.3 is 5.97 Å². The number of allylic oxidation sites excluding steroid dienone is 6. The van der Waals surface area contributed by atoms with E-state index >= 15 is 0 Å². The first kappa shape index (κ1) is 54.6. The van der Waals surface area contributed by atoms with Crippen molar-refractivity contribution in [1.82, 2.24) is 4.90 Å². The lowest BCUT2D eigenvalue weighted by Gasteiger charge is -2.43. The predicted molar refractivity (Wildman–Crippen MR) is 249 cm³/mol. The van der Waals surface area contributed by atoms with Gasteiger partial charge in [0, 0.05) is 46.1 Å². The Morgan fingerprint density at radius 3 is 2.23 bits per heavy atom. The van der Waals surface area contributed by atoms with Crippen LogP contribution < -0.4 is 0 Å². The summed E-state index contributed by atoms with van der Waals surface area (Å²) in [6.07, 6.45) is 13.8. The molecule has 65 heavy (non-hydrogen) atoms. The molecule has 15 unspecified atom stereocenters. The van der Waals surface area contributed by atoms with Crippen molar-refractivity contribution in [2.45, 2.75) is 187 Å².